The van der Waals surface area contributed by atoms with Crippen LogP contribution in [0.15, 0.2) is 54.6 Å². The first-order valence-electron chi connectivity index (χ1n) is 5.46. The Bertz CT molecular complexity index is 471. The monoisotopic (exact) mass is 313 g/mol. The van der Waals surface area contributed by atoms with Gasteiger partial charge in [-0.15, -0.1) is 5.92 Å². The number of phenolic OH excluding ortho intramolecular Hbond substituents is 1. The first-order chi connectivity index (χ1) is 8.22. The normalized spacial score (nSPS) is 7.89. The molecule has 0 aliphatic rings. The Morgan fingerprint density at radius 2 is 1.44 bits per heavy atom. The summed E-state index contributed by atoms with van der Waals surface area (Å²) in [7, 11) is 0. The van der Waals surface area contributed by atoms with Gasteiger partial charge in [0.25, 0.3) is 0 Å². The summed E-state index contributed by atoms with van der Waals surface area (Å²) >= 11 is 0. The van der Waals surface area contributed by atoms with Gasteiger partial charge in [0.1, 0.15) is 5.75 Å². The third-order valence-electron chi connectivity index (χ3n) is 2.08. The van der Waals surface area contributed by atoms with Gasteiger partial charge in [0.05, 0.1) is 0 Å². The minimum Gasteiger partial charge on any atom is -0.508 e. The molecule has 0 saturated heterocycles. The van der Waals surface area contributed by atoms with E-state index in [9.17, 15) is 0 Å². The van der Waals surface area contributed by atoms with Gasteiger partial charge < -0.3 is 5.11 Å². The average molecular weight is 313 g/mol. The Hall–Kier alpha value is -1.10. The molecule has 0 aromatic heterocycles. The summed E-state index contributed by atoms with van der Waals surface area (Å²) in [5.74, 6) is 6.12. The topological polar surface area (TPSA) is 20.2 Å². The predicted molar refractivity (Wildman–Crippen MR) is 71.8 cm³/mol. The maximum atomic E-state index is 8.76. The van der Waals surface area contributed by atoms with Gasteiger partial charge in [-0.05, 0) is 38.1 Å². The van der Waals surface area contributed by atoms with Gasteiger partial charge in [0, 0.05) is 38.3 Å². The molecule has 0 bridgehead atoms. The van der Waals surface area contributed by atoms with E-state index in [0.29, 0.717) is 5.75 Å². The molecule has 18 heavy (non-hydrogen) atoms. The quantitative estimate of drug-likeness (QED) is 0.734. The largest absolute Gasteiger partial charge is 0.508 e. The van der Waals surface area contributed by atoms with Crippen molar-refractivity contribution in [3.63, 3.8) is 0 Å². The smallest absolute Gasteiger partial charge is 0.115 e. The molecule has 0 spiro atoms. The van der Waals surface area contributed by atoms with Gasteiger partial charge in [-0.25, -0.2) is 0 Å². The second kappa shape index (κ2) is 9.89. The molecule has 0 unspecified atom stereocenters. The molecule has 0 saturated carbocycles. The molecule has 0 aliphatic heterocycles. The molecular formula is C16H16OY. The van der Waals surface area contributed by atoms with Crippen molar-refractivity contribution in [2.75, 3.05) is 0 Å². The van der Waals surface area contributed by atoms with E-state index in [1.807, 2.05) is 56.3 Å². The van der Waals surface area contributed by atoms with E-state index in [-0.39, 0.29) is 32.7 Å². The summed E-state index contributed by atoms with van der Waals surface area (Å²) in [4.78, 5) is 0. The number of benzene rings is 2. The molecule has 1 radical (unpaired) electrons. The second-order valence-electron chi connectivity index (χ2n) is 3.58. The Morgan fingerprint density at radius 1 is 0.889 bits per heavy atom. The fraction of sp³-hybridized carbons (Fsp3) is 0.125. The maximum absolute atomic E-state index is 8.76. The zero-order chi connectivity index (χ0) is 12.5. The zero-order valence-electron chi connectivity index (χ0n) is 10.7. The van der Waals surface area contributed by atoms with E-state index < -0.39 is 0 Å². The van der Waals surface area contributed by atoms with Crippen LogP contribution in [0.3, 0.4) is 0 Å². The SMILES string of the molecule is CC#Cc1ccccc1.Cc1ccc(O)cc1.[Y]. The summed E-state index contributed by atoms with van der Waals surface area (Å²) in [6.07, 6.45) is 0. The summed E-state index contributed by atoms with van der Waals surface area (Å²) in [6, 6.07) is 17.0. The number of phenols is 1. The standard InChI is InChI=1S/C9H8.C7H8O.Y/c1-2-6-9-7-4-3-5-8-9;1-6-2-4-7(8)5-3-6;/h3-5,7-8H,1H3;2-5,8H,1H3;. The number of hydrogen-bond donors (Lipinski definition) is 1. The molecular weight excluding hydrogens is 297 g/mol. The van der Waals surface area contributed by atoms with Crippen LogP contribution in [0.25, 0.3) is 0 Å². The first kappa shape index (κ1) is 16.9. The van der Waals surface area contributed by atoms with Crippen LogP contribution < -0.4 is 0 Å². The molecule has 0 aliphatic carbocycles. The Balaban J connectivity index is 0.000000306. The molecule has 2 rings (SSSR count). The van der Waals surface area contributed by atoms with Crippen LogP contribution in [0.5, 0.6) is 5.75 Å². The molecule has 2 aromatic rings. The van der Waals surface area contributed by atoms with E-state index in [0.717, 1.165) is 5.56 Å². The van der Waals surface area contributed by atoms with Gasteiger partial charge in [0.2, 0.25) is 0 Å². The maximum Gasteiger partial charge on any atom is 0.115 e. The van der Waals surface area contributed by atoms with Gasteiger partial charge >= 0.3 is 0 Å². The van der Waals surface area contributed by atoms with Gasteiger partial charge in [0.15, 0.2) is 0 Å². The number of aryl methyl sites for hydroxylation is 1. The van der Waals surface area contributed by atoms with Crippen molar-refractivity contribution in [2.45, 2.75) is 13.8 Å². The van der Waals surface area contributed by atoms with Crippen molar-refractivity contribution in [1.29, 1.82) is 0 Å². The Labute approximate surface area is 134 Å². The molecule has 89 valence electrons. The van der Waals surface area contributed by atoms with Crippen molar-refractivity contribution in [2.24, 2.45) is 0 Å². The number of aromatic hydroxyl groups is 1. The molecule has 0 atom stereocenters. The number of hydrogen-bond acceptors (Lipinski definition) is 1. The molecule has 2 heteroatoms. The van der Waals surface area contributed by atoms with Gasteiger partial charge in [-0.1, -0.05) is 41.8 Å². The fourth-order valence-corrected chi connectivity index (χ4v) is 1.21. The molecule has 0 amide bonds. The van der Waals surface area contributed by atoms with E-state index >= 15 is 0 Å². The van der Waals surface area contributed by atoms with Crippen molar-refractivity contribution < 1.29 is 37.8 Å². The molecule has 1 N–H and O–H groups in total. The Kier molecular flexibility index (Phi) is 9.28. The molecule has 1 nitrogen and oxygen atoms in total. The van der Waals surface area contributed by atoms with Crippen molar-refractivity contribution in [1.82, 2.24) is 0 Å². The first-order valence-corrected chi connectivity index (χ1v) is 5.46. The van der Waals surface area contributed by atoms with E-state index in [2.05, 4.69) is 11.8 Å². The molecule has 2 aromatic carbocycles. The van der Waals surface area contributed by atoms with Crippen LogP contribution in [0.4, 0.5) is 0 Å². The van der Waals surface area contributed by atoms with Crippen molar-refractivity contribution in [3.05, 3.63) is 65.7 Å². The van der Waals surface area contributed by atoms with E-state index in [1.54, 1.807) is 12.1 Å². The van der Waals surface area contributed by atoms with Crippen molar-refractivity contribution >= 4 is 0 Å². The van der Waals surface area contributed by atoms with Crippen LogP contribution in [0, 0.1) is 18.8 Å². The molecule has 0 heterocycles. The molecule has 0 fully saturated rings. The van der Waals surface area contributed by atoms with Crippen molar-refractivity contribution in [3.8, 4) is 17.6 Å². The minimum atomic E-state index is 0. The second-order valence-corrected chi connectivity index (χ2v) is 3.58. The van der Waals surface area contributed by atoms with Gasteiger partial charge in [-0.3, -0.25) is 0 Å². The summed E-state index contributed by atoms with van der Waals surface area (Å²) in [5.41, 5.74) is 2.25. The predicted octanol–water partition coefficient (Wildman–Crippen LogP) is 3.76. The fourth-order valence-electron chi connectivity index (χ4n) is 1.21. The summed E-state index contributed by atoms with van der Waals surface area (Å²) in [5, 5.41) is 8.76. The van der Waals surface area contributed by atoms with Gasteiger partial charge in [-0.2, -0.15) is 0 Å². The van der Waals surface area contributed by atoms with Crippen LogP contribution in [0.2, 0.25) is 0 Å². The summed E-state index contributed by atoms with van der Waals surface area (Å²) in [6.45, 7) is 3.83. The van der Waals surface area contributed by atoms with E-state index in [1.165, 1.54) is 5.56 Å². The summed E-state index contributed by atoms with van der Waals surface area (Å²) < 4.78 is 0. The van der Waals surface area contributed by atoms with Crippen LogP contribution >= 0.6 is 0 Å². The zero-order valence-corrected chi connectivity index (χ0v) is 13.6. The third kappa shape index (κ3) is 7.27. The van der Waals surface area contributed by atoms with Crippen LogP contribution in [-0.4, -0.2) is 5.11 Å². The Morgan fingerprint density at radius 3 is 1.89 bits per heavy atom. The number of rotatable bonds is 0. The van der Waals surface area contributed by atoms with Crippen LogP contribution in [0.1, 0.15) is 18.1 Å². The third-order valence-corrected chi connectivity index (χ3v) is 2.08. The minimum absolute atomic E-state index is 0. The van der Waals surface area contributed by atoms with Crippen LogP contribution in [-0.2, 0) is 32.7 Å². The average Bonchev–Trinajstić information content (AvgIpc) is 2.36. The van der Waals surface area contributed by atoms with E-state index in [4.69, 9.17) is 5.11 Å².